The van der Waals surface area contributed by atoms with E-state index in [1.807, 2.05) is 0 Å². The summed E-state index contributed by atoms with van der Waals surface area (Å²) in [5.41, 5.74) is -0.388. The van der Waals surface area contributed by atoms with Crippen molar-refractivity contribution < 1.29 is 35.9 Å². The third-order valence-corrected chi connectivity index (χ3v) is 4.69. The molecule has 32 heavy (non-hydrogen) atoms. The number of benzene rings is 3. The van der Waals surface area contributed by atoms with Crippen LogP contribution in [-0.4, -0.2) is 5.11 Å². The van der Waals surface area contributed by atoms with Gasteiger partial charge in [0.05, 0.1) is 16.7 Å². The van der Waals surface area contributed by atoms with E-state index in [0.717, 1.165) is 24.3 Å². The van der Waals surface area contributed by atoms with Crippen LogP contribution in [0.3, 0.4) is 0 Å². The van der Waals surface area contributed by atoms with Gasteiger partial charge in [0.1, 0.15) is 11.3 Å². The largest absolute Gasteiger partial charge is 0.508 e. The third-order valence-electron chi connectivity index (χ3n) is 4.69. The highest BCUT2D eigenvalue weighted by atomic mass is 19.4. The molecule has 4 rings (SSSR count). The highest BCUT2D eigenvalue weighted by Gasteiger charge is 2.31. The van der Waals surface area contributed by atoms with Crippen LogP contribution in [0.5, 0.6) is 5.75 Å². The molecular formula is C24H12F6O2. The topological polar surface area (TPSA) is 33.4 Å². The van der Waals surface area contributed by atoms with Crippen LogP contribution in [0.15, 0.2) is 71.1 Å². The van der Waals surface area contributed by atoms with E-state index < -0.39 is 23.5 Å². The molecule has 1 aromatic heterocycles. The molecule has 0 unspecified atom stereocenters. The molecule has 1 N–H and O–H groups in total. The fourth-order valence-corrected chi connectivity index (χ4v) is 3.10. The molecule has 1 heterocycles. The van der Waals surface area contributed by atoms with Gasteiger partial charge in [0.2, 0.25) is 0 Å². The van der Waals surface area contributed by atoms with Crippen molar-refractivity contribution in [3.63, 3.8) is 0 Å². The predicted octanol–water partition coefficient (Wildman–Crippen LogP) is 7.24. The van der Waals surface area contributed by atoms with Crippen molar-refractivity contribution in [3.05, 3.63) is 89.0 Å². The minimum absolute atomic E-state index is 0.0742. The maximum absolute atomic E-state index is 12.9. The van der Waals surface area contributed by atoms with Crippen LogP contribution < -0.4 is 0 Å². The molecule has 4 aromatic rings. The molecule has 0 radical (unpaired) electrons. The smallest absolute Gasteiger partial charge is 0.416 e. The monoisotopic (exact) mass is 446 g/mol. The zero-order chi connectivity index (χ0) is 23.1. The van der Waals surface area contributed by atoms with Gasteiger partial charge in [-0.1, -0.05) is 24.0 Å². The molecule has 0 amide bonds. The second-order valence-electron chi connectivity index (χ2n) is 6.89. The number of fused-ring (bicyclic) bond motifs is 1. The van der Waals surface area contributed by atoms with E-state index >= 15 is 0 Å². The Labute approximate surface area is 177 Å². The van der Waals surface area contributed by atoms with Crippen molar-refractivity contribution in [2.75, 3.05) is 0 Å². The molecule has 0 spiro atoms. The first-order valence-electron chi connectivity index (χ1n) is 9.15. The van der Waals surface area contributed by atoms with E-state index in [4.69, 9.17) is 4.42 Å². The summed E-state index contributed by atoms with van der Waals surface area (Å²) in [6.07, 6.45) is -8.97. The molecule has 0 atom stereocenters. The molecule has 0 saturated heterocycles. The molecule has 0 bridgehead atoms. The van der Waals surface area contributed by atoms with E-state index in [1.165, 1.54) is 42.5 Å². The molecule has 2 nitrogen and oxygen atoms in total. The summed E-state index contributed by atoms with van der Waals surface area (Å²) in [5.74, 6) is 5.67. The molecule has 3 aromatic carbocycles. The number of aromatic hydroxyl groups is 1. The number of halogens is 6. The molecule has 0 saturated carbocycles. The summed E-state index contributed by atoms with van der Waals surface area (Å²) >= 11 is 0. The van der Waals surface area contributed by atoms with Crippen LogP contribution in [0.1, 0.15) is 22.3 Å². The van der Waals surface area contributed by atoms with Crippen molar-refractivity contribution in [1.29, 1.82) is 0 Å². The predicted molar refractivity (Wildman–Crippen MR) is 106 cm³/mol. The Morgan fingerprint density at radius 3 is 1.81 bits per heavy atom. The number of furan rings is 1. The van der Waals surface area contributed by atoms with Gasteiger partial charge in [-0.05, 0) is 54.6 Å². The number of phenolic OH excluding ortho intramolecular Hbond substituents is 1. The Morgan fingerprint density at radius 2 is 1.25 bits per heavy atom. The normalized spacial score (nSPS) is 11.9. The fourth-order valence-electron chi connectivity index (χ4n) is 3.10. The van der Waals surface area contributed by atoms with Crippen LogP contribution in [0.25, 0.3) is 22.3 Å². The number of alkyl halides is 6. The first kappa shape index (κ1) is 21.4. The van der Waals surface area contributed by atoms with Gasteiger partial charge in [-0.25, -0.2) is 0 Å². The van der Waals surface area contributed by atoms with E-state index in [2.05, 4.69) is 11.8 Å². The SMILES string of the molecule is Oc1ccc2oc(-c3ccc(C(F)(F)F)cc3)c(C#Cc3ccc(C(F)(F)F)cc3)c2c1. The van der Waals surface area contributed by atoms with Gasteiger partial charge in [0, 0.05) is 16.5 Å². The average molecular weight is 446 g/mol. The van der Waals surface area contributed by atoms with Gasteiger partial charge in [0.15, 0.2) is 5.76 Å². The van der Waals surface area contributed by atoms with Gasteiger partial charge in [-0.3, -0.25) is 0 Å². The lowest BCUT2D eigenvalue weighted by Gasteiger charge is -2.06. The standard InChI is InChI=1S/C24H12F6O2/c25-23(26,27)16-6-1-14(2-7-16)3-11-19-20-13-18(31)10-12-21(20)32-22(19)15-4-8-17(9-5-15)24(28,29)30/h1-2,4-10,12-13,31H. The highest BCUT2D eigenvalue weighted by Crippen LogP contribution is 2.37. The lowest BCUT2D eigenvalue weighted by Crippen LogP contribution is -2.04. The maximum Gasteiger partial charge on any atom is 0.416 e. The second-order valence-corrected chi connectivity index (χ2v) is 6.89. The summed E-state index contributed by atoms with van der Waals surface area (Å²) in [6, 6.07) is 12.8. The molecular weight excluding hydrogens is 434 g/mol. The van der Waals surface area contributed by atoms with Gasteiger partial charge in [-0.15, -0.1) is 0 Å². The molecule has 0 aliphatic rings. The Morgan fingerprint density at radius 1 is 0.688 bits per heavy atom. The van der Waals surface area contributed by atoms with Crippen LogP contribution in [0, 0.1) is 11.8 Å². The van der Waals surface area contributed by atoms with E-state index in [-0.39, 0.29) is 17.1 Å². The Hall–Kier alpha value is -3.86. The summed E-state index contributed by atoms with van der Waals surface area (Å²) in [6.45, 7) is 0. The molecule has 8 heteroatoms. The second kappa shape index (κ2) is 7.68. The summed E-state index contributed by atoms with van der Waals surface area (Å²) in [5, 5.41) is 10.2. The molecule has 162 valence electrons. The quantitative estimate of drug-likeness (QED) is 0.247. The Bertz CT molecular complexity index is 1330. The zero-order valence-corrected chi connectivity index (χ0v) is 16.0. The molecule has 0 fully saturated rings. The number of phenols is 1. The number of hydrogen-bond acceptors (Lipinski definition) is 2. The zero-order valence-electron chi connectivity index (χ0n) is 16.0. The lowest BCUT2D eigenvalue weighted by molar-refractivity contribution is -0.138. The molecule has 0 aliphatic heterocycles. The minimum Gasteiger partial charge on any atom is -0.508 e. The maximum atomic E-state index is 12.9. The highest BCUT2D eigenvalue weighted by molar-refractivity contribution is 5.92. The van der Waals surface area contributed by atoms with E-state index in [9.17, 15) is 31.4 Å². The van der Waals surface area contributed by atoms with Crippen molar-refractivity contribution in [2.45, 2.75) is 12.4 Å². The van der Waals surface area contributed by atoms with Crippen molar-refractivity contribution in [1.82, 2.24) is 0 Å². The first-order chi connectivity index (χ1) is 15.0. The van der Waals surface area contributed by atoms with Crippen LogP contribution in [0.4, 0.5) is 26.3 Å². The van der Waals surface area contributed by atoms with E-state index in [0.29, 0.717) is 22.1 Å². The van der Waals surface area contributed by atoms with Gasteiger partial charge in [0.25, 0.3) is 0 Å². The van der Waals surface area contributed by atoms with Crippen LogP contribution >= 0.6 is 0 Å². The van der Waals surface area contributed by atoms with E-state index in [1.54, 1.807) is 0 Å². The first-order valence-corrected chi connectivity index (χ1v) is 9.15. The van der Waals surface area contributed by atoms with Gasteiger partial charge >= 0.3 is 12.4 Å². The van der Waals surface area contributed by atoms with Crippen LogP contribution in [0.2, 0.25) is 0 Å². The average Bonchev–Trinajstić information content (AvgIpc) is 3.09. The lowest BCUT2D eigenvalue weighted by atomic mass is 10.0. The van der Waals surface area contributed by atoms with Crippen LogP contribution in [-0.2, 0) is 12.4 Å². The van der Waals surface area contributed by atoms with Gasteiger partial charge in [-0.2, -0.15) is 26.3 Å². The summed E-state index contributed by atoms with van der Waals surface area (Å²) in [7, 11) is 0. The number of rotatable bonds is 1. The fraction of sp³-hybridized carbons (Fsp3) is 0.0833. The minimum atomic E-state index is -4.50. The Balaban J connectivity index is 1.81. The summed E-state index contributed by atoms with van der Waals surface area (Å²) < 4.78 is 82.6. The van der Waals surface area contributed by atoms with Gasteiger partial charge < -0.3 is 9.52 Å². The van der Waals surface area contributed by atoms with Crippen molar-refractivity contribution >= 4 is 11.0 Å². The number of hydrogen-bond donors (Lipinski definition) is 1. The Kier molecular flexibility index (Phi) is 5.13. The molecule has 0 aliphatic carbocycles. The van der Waals surface area contributed by atoms with Crippen molar-refractivity contribution in [2.24, 2.45) is 0 Å². The summed E-state index contributed by atoms with van der Waals surface area (Å²) in [4.78, 5) is 0. The van der Waals surface area contributed by atoms with Crippen molar-refractivity contribution in [3.8, 4) is 28.9 Å². The third kappa shape index (κ3) is 4.28.